The second-order valence-corrected chi connectivity index (χ2v) is 11.9. The Balaban J connectivity index is 1.59. The van der Waals surface area contributed by atoms with Gasteiger partial charge in [-0.2, -0.15) is 0 Å². The van der Waals surface area contributed by atoms with Gasteiger partial charge in [-0.15, -0.1) is 0 Å². The average molecular weight is 558 g/mol. The fraction of sp³-hybridized carbons (Fsp3) is 0.156. The van der Waals surface area contributed by atoms with Gasteiger partial charge in [-0.3, -0.25) is 0 Å². The van der Waals surface area contributed by atoms with Crippen LogP contribution >= 0.6 is 11.6 Å². The van der Waals surface area contributed by atoms with E-state index in [1.807, 2.05) is 61.5 Å². The van der Waals surface area contributed by atoms with Gasteiger partial charge in [-0.05, 0) is 60.4 Å². The van der Waals surface area contributed by atoms with Crippen molar-refractivity contribution in [2.45, 2.75) is 24.3 Å². The minimum atomic E-state index is -3.61. The summed E-state index contributed by atoms with van der Waals surface area (Å²) < 4.78 is 33.6. The largest absolute Gasteiger partial charge is 0.465 e. The standard InChI is InChI=1S/C32H28ClNO4S/c1-22-27(20-21-39(36,37)26-18-16-25(17-19-26)32(35)38-2)28-14-9-15-29(33)31(28)34(22)30(23-10-5-3-6-11-23)24-12-7-4-8-13-24/h3-19,30H,20-21H2,1-2H3. The lowest BCUT2D eigenvalue weighted by atomic mass is 9.98. The maximum Gasteiger partial charge on any atom is 0.337 e. The molecule has 1 heterocycles. The third-order valence-corrected chi connectivity index (χ3v) is 9.13. The minimum absolute atomic E-state index is 0.0849. The van der Waals surface area contributed by atoms with Crippen molar-refractivity contribution in [2.75, 3.05) is 12.9 Å². The lowest BCUT2D eigenvalue weighted by Crippen LogP contribution is -2.15. The van der Waals surface area contributed by atoms with Crippen molar-refractivity contribution in [3.8, 4) is 0 Å². The maximum atomic E-state index is 13.3. The van der Waals surface area contributed by atoms with E-state index in [0.29, 0.717) is 17.0 Å². The number of carbonyl (C=O) groups is 1. The number of carbonyl (C=O) groups excluding carboxylic acids is 1. The van der Waals surface area contributed by atoms with Crippen LogP contribution in [-0.2, 0) is 21.0 Å². The lowest BCUT2D eigenvalue weighted by Gasteiger charge is -2.24. The third kappa shape index (κ3) is 5.22. The van der Waals surface area contributed by atoms with Crippen LogP contribution in [0.25, 0.3) is 10.9 Å². The zero-order valence-corrected chi connectivity index (χ0v) is 23.2. The summed E-state index contributed by atoms with van der Waals surface area (Å²) in [6.45, 7) is 2.03. The number of benzene rings is 4. The van der Waals surface area contributed by atoms with Crippen LogP contribution < -0.4 is 0 Å². The van der Waals surface area contributed by atoms with E-state index < -0.39 is 15.8 Å². The van der Waals surface area contributed by atoms with Gasteiger partial charge in [0.2, 0.25) is 0 Å². The van der Waals surface area contributed by atoms with Crippen molar-refractivity contribution in [2.24, 2.45) is 0 Å². The van der Waals surface area contributed by atoms with E-state index in [1.54, 1.807) is 0 Å². The number of hydrogen-bond acceptors (Lipinski definition) is 4. The number of methoxy groups -OCH3 is 1. The normalized spacial score (nSPS) is 11.7. The Labute approximate surface area is 233 Å². The Bertz CT molecular complexity index is 1690. The first-order valence-corrected chi connectivity index (χ1v) is 14.6. The lowest BCUT2D eigenvalue weighted by molar-refractivity contribution is 0.0600. The SMILES string of the molecule is COC(=O)c1ccc(S(=O)(=O)CCc2c(C)n(C(c3ccccc3)c3ccccc3)c3c(Cl)cccc23)cc1. The van der Waals surface area contributed by atoms with Crippen LogP contribution in [-0.4, -0.2) is 31.8 Å². The van der Waals surface area contributed by atoms with Crippen molar-refractivity contribution in [1.82, 2.24) is 4.57 Å². The molecule has 7 heteroatoms. The Kier molecular flexibility index (Phi) is 7.60. The van der Waals surface area contributed by atoms with Gasteiger partial charge in [0, 0.05) is 11.1 Å². The van der Waals surface area contributed by atoms with Crippen molar-refractivity contribution < 1.29 is 17.9 Å². The average Bonchev–Trinajstić information content (AvgIpc) is 3.25. The molecule has 0 saturated heterocycles. The number of nitrogens with zero attached hydrogens (tertiary/aromatic N) is 1. The first kappa shape index (κ1) is 26.7. The predicted molar refractivity (Wildman–Crippen MR) is 155 cm³/mol. The first-order valence-electron chi connectivity index (χ1n) is 12.6. The van der Waals surface area contributed by atoms with Crippen LogP contribution in [0.2, 0.25) is 5.02 Å². The Morgan fingerprint density at radius 3 is 2.00 bits per heavy atom. The molecule has 0 spiro atoms. The highest BCUT2D eigenvalue weighted by Gasteiger charge is 2.26. The summed E-state index contributed by atoms with van der Waals surface area (Å²) in [6.07, 6.45) is 0.313. The maximum absolute atomic E-state index is 13.3. The van der Waals surface area contributed by atoms with Crippen LogP contribution in [0.1, 0.15) is 38.8 Å². The summed E-state index contributed by atoms with van der Waals surface area (Å²) in [4.78, 5) is 11.9. The molecule has 0 N–H and O–H groups in total. The monoisotopic (exact) mass is 557 g/mol. The zero-order chi connectivity index (χ0) is 27.6. The number of hydrogen-bond donors (Lipinski definition) is 0. The summed E-state index contributed by atoms with van der Waals surface area (Å²) in [7, 11) is -2.32. The molecule has 0 bridgehead atoms. The number of sulfone groups is 1. The van der Waals surface area contributed by atoms with E-state index in [-0.39, 0.29) is 16.7 Å². The van der Waals surface area contributed by atoms with Crippen molar-refractivity contribution >= 4 is 38.3 Å². The molecule has 39 heavy (non-hydrogen) atoms. The van der Waals surface area contributed by atoms with Gasteiger partial charge in [0.05, 0.1) is 39.9 Å². The van der Waals surface area contributed by atoms with Crippen molar-refractivity contribution in [1.29, 1.82) is 0 Å². The van der Waals surface area contributed by atoms with Crippen LogP contribution in [0.3, 0.4) is 0 Å². The zero-order valence-electron chi connectivity index (χ0n) is 21.7. The smallest absolute Gasteiger partial charge is 0.337 e. The fourth-order valence-corrected chi connectivity index (χ4v) is 6.71. The molecule has 0 atom stereocenters. The van der Waals surface area contributed by atoms with Gasteiger partial charge in [0.1, 0.15) is 0 Å². The van der Waals surface area contributed by atoms with E-state index in [1.165, 1.54) is 31.4 Å². The number of fused-ring (bicyclic) bond motifs is 1. The molecule has 4 aromatic carbocycles. The summed E-state index contributed by atoms with van der Waals surface area (Å²) in [5, 5.41) is 1.55. The van der Waals surface area contributed by atoms with Gasteiger partial charge in [0.25, 0.3) is 0 Å². The molecule has 0 fully saturated rings. The fourth-order valence-electron chi connectivity index (χ4n) is 5.18. The van der Waals surface area contributed by atoms with E-state index in [9.17, 15) is 13.2 Å². The molecule has 0 aliphatic rings. The molecule has 0 aliphatic heterocycles. The number of halogens is 1. The van der Waals surface area contributed by atoms with Crippen LogP contribution in [0.5, 0.6) is 0 Å². The highest BCUT2D eigenvalue weighted by molar-refractivity contribution is 7.91. The molecule has 5 nitrogen and oxygen atoms in total. The molecule has 5 aromatic rings. The molecule has 0 amide bonds. The minimum Gasteiger partial charge on any atom is -0.465 e. The molecular formula is C32H28ClNO4S. The Hall–Kier alpha value is -3.87. The highest BCUT2D eigenvalue weighted by Crippen LogP contribution is 2.39. The van der Waals surface area contributed by atoms with Gasteiger partial charge in [0.15, 0.2) is 9.84 Å². The molecule has 1 aromatic heterocycles. The molecule has 0 unspecified atom stereocenters. The van der Waals surface area contributed by atoms with Gasteiger partial charge >= 0.3 is 5.97 Å². The van der Waals surface area contributed by atoms with Gasteiger partial charge in [-0.25, -0.2) is 13.2 Å². The van der Waals surface area contributed by atoms with E-state index in [2.05, 4.69) is 28.8 Å². The van der Waals surface area contributed by atoms with E-state index in [4.69, 9.17) is 16.3 Å². The Morgan fingerprint density at radius 1 is 0.846 bits per heavy atom. The molecular weight excluding hydrogens is 530 g/mol. The summed E-state index contributed by atoms with van der Waals surface area (Å²) >= 11 is 6.83. The quantitative estimate of drug-likeness (QED) is 0.192. The van der Waals surface area contributed by atoms with Crippen LogP contribution in [0.15, 0.2) is 108 Å². The second-order valence-electron chi connectivity index (χ2n) is 9.38. The third-order valence-electron chi connectivity index (χ3n) is 7.10. The van der Waals surface area contributed by atoms with Gasteiger partial charge < -0.3 is 9.30 Å². The highest BCUT2D eigenvalue weighted by atomic mass is 35.5. The Morgan fingerprint density at radius 2 is 1.44 bits per heavy atom. The molecule has 0 saturated carbocycles. The topological polar surface area (TPSA) is 65.4 Å². The first-order chi connectivity index (χ1) is 18.8. The number of esters is 1. The number of rotatable bonds is 8. The summed E-state index contributed by atoms with van der Waals surface area (Å²) in [5.41, 5.74) is 5.30. The van der Waals surface area contributed by atoms with Gasteiger partial charge in [-0.1, -0.05) is 84.4 Å². The van der Waals surface area contributed by atoms with Crippen molar-refractivity contribution in [3.05, 3.63) is 136 Å². The summed E-state index contributed by atoms with van der Waals surface area (Å²) in [6, 6.07) is 31.9. The van der Waals surface area contributed by atoms with Crippen LogP contribution in [0.4, 0.5) is 0 Å². The molecule has 0 aliphatic carbocycles. The summed E-state index contributed by atoms with van der Waals surface area (Å²) in [5.74, 6) is -0.594. The molecule has 0 radical (unpaired) electrons. The number of ether oxygens (including phenoxy) is 1. The number of para-hydroxylation sites is 1. The van der Waals surface area contributed by atoms with E-state index >= 15 is 0 Å². The number of aryl methyl sites for hydroxylation is 1. The van der Waals surface area contributed by atoms with E-state index in [0.717, 1.165) is 33.3 Å². The molecule has 198 valence electrons. The predicted octanol–water partition coefficient (Wildman–Crippen LogP) is 7.04. The number of aromatic nitrogens is 1. The molecule has 5 rings (SSSR count). The van der Waals surface area contributed by atoms with Crippen molar-refractivity contribution in [3.63, 3.8) is 0 Å². The van der Waals surface area contributed by atoms with Crippen LogP contribution in [0, 0.1) is 6.92 Å². The second kappa shape index (κ2) is 11.1.